The Balaban J connectivity index is 4.37. The molecule has 0 aromatic carbocycles. The number of ether oxygens (including phenoxy) is 2. The third-order valence-electron chi connectivity index (χ3n) is 3.38. The highest BCUT2D eigenvalue weighted by molar-refractivity contribution is 5.91. The average Bonchev–Trinajstić information content (AvgIpc) is 2.23. The third-order valence-corrected chi connectivity index (χ3v) is 3.38. The molecule has 0 fully saturated rings. The lowest BCUT2D eigenvalue weighted by molar-refractivity contribution is -0.149. The first-order valence-corrected chi connectivity index (χ1v) is 6.93. The Morgan fingerprint density at radius 3 is 1.20 bits per heavy atom. The zero-order valence-corrected chi connectivity index (χ0v) is 13.9. The molecule has 116 valence electrons. The van der Waals surface area contributed by atoms with Gasteiger partial charge in [0.25, 0.3) is 0 Å². The summed E-state index contributed by atoms with van der Waals surface area (Å²) in [5, 5.41) is 0. The highest BCUT2D eigenvalue weighted by Gasteiger charge is 2.24. The summed E-state index contributed by atoms with van der Waals surface area (Å²) in [7, 11) is 0. The van der Waals surface area contributed by atoms with Gasteiger partial charge in [-0.25, -0.2) is 9.59 Å². The zero-order valence-electron chi connectivity index (χ0n) is 13.9. The summed E-state index contributed by atoms with van der Waals surface area (Å²) in [6, 6.07) is 0. The summed E-state index contributed by atoms with van der Waals surface area (Å²) in [6.07, 6.45) is 1.76. The molecular formula is C16H28O4. The van der Waals surface area contributed by atoms with Crippen LogP contribution in [0.15, 0.2) is 12.2 Å². The minimum absolute atomic E-state index is 0.134. The van der Waals surface area contributed by atoms with Gasteiger partial charge in [0.05, 0.1) is 0 Å². The van der Waals surface area contributed by atoms with Crippen LogP contribution in [0.2, 0.25) is 0 Å². The molecule has 4 nitrogen and oxygen atoms in total. The topological polar surface area (TPSA) is 52.6 Å². The van der Waals surface area contributed by atoms with Crippen LogP contribution in [0.3, 0.4) is 0 Å². The molecule has 0 radical (unpaired) electrons. The molecule has 0 rings (SSSR count). The van der Waals surface area contributed by atoms with Gasteiger partial charge < -0.3 is 9.47 Å². The standard InChI is InChI=1S/C16H28O4/c1-11(15(3,4)5)19-13(17)9-10-14(18)20-12(2)16(6,7)8/h9-12H,1-8H3/b10-9+. The number of esters is 2. The van der Waals surface area contributed by atoms with Crippen LogP contribution in [-0.4, -0.2) is 24.1 Å². The largest absolute Gasteiger partial charge is 0.459 e. The quantitative estimate of drug-likeness (QED) is 0.585. The Morgan fingerprint density at radius 1 is 0.750 bits per heavy atom. The number of hydrogen-bond donors (Lipinski definition) is 0. The average molecular weight is 284 g/mol. The SMILES string of the molecule is CC(OC(=O)/C=C/C(=O)OC(C)C(C)(C)C)C(C)(C)C. The molecule has 0 aromatic rings. The van der Waals surface area contributed by atoms with Gasteiger partial charge in [0.2, 0.25) is 0 Å². The maximum absolute atomic E-state index is 11.6. The lowest BCUT2D eigenvalue weighted by Gasteiger charge is -2.26. The van der Waals surface area contributed by atoms with E-state index in [9.17, 15) is 9.59 Å². The van der Waals surface area contributed by atoms with Gasteiger partial charge in [-0.15, -0.1) is 0 Å². The minimum atomic E-state index is -0.534. The fourth-order valence-electron chi connectivity index (χ4n) is 0.917. The highest BCUT2D eigenvalue weighted by atomic mass is 16.5. The van der Waals surface area contributed by atoms with E-state index in [2.05, 4.69) is 0 Å². The summed E-state index contributed by atoms with van der Waals surface area (Å²) < 4.78 is 10.4. The normalized spacial score (nSPS) is 15.8. The predicted molar refractivity (Wildman–Crippen MR) is 79.2 cm³/mol. The van der Waals surface area contributed by atoms with Crippen LogP contribution in [0, 0.1) is 10.8 Å². The van der Waals surface area contributed by atoms with Crippen LogP contribution in [0.25, 0.3) is 0 Å². The smallest absolute Gasteiger partial charge is 0.331 e. The monoisotopic (exact) mass is 284 g/mol. The Bertz CT molecular complexity index is 333. The van der Waals surface area contributed by atoms with Crippen molar-refractivity contribution in [3.05, 3.63) is 12.2 Å². The second-order valence-corrected chi connectivity index (χ2v) is 7.22. The van der Waals surface area contributed by atoms with E-state index < -0.39 is 11.9 Å². The van der Waals surface area contributed by atoms with Gasteiger partial charge in [-0.05, 0) is 24.7 Å². The molecule has 0 spiro atoms. The van der Waals surface area contributed by atoms with E-state index in [0.29, 0.717) is 0 Å². The summed E-state index contributed by atoms with van der Waals surface area (Å²) >= 11 is 0. The van der Waals surface area contributed by atoms with Crippen LogP contribution >= 0.6 is 0 Å². The summed E-state index contributed by atoms with van der Waals surface area (Å²) in [5.74, 6) is -1.07. The van der Waals surface area contributed by atoms with Crippen molar-refractivity contribution in [1.82, 2.24) is 0 Å². The van der Waals surface area contributed by atoms with Crippen LogP contribution < -0.4 is 0 Å². The van der Waals surface area contributed by atoms with E-state index in [1.54, 1.807) is 0 Å². The molecule has 0 aliphatic rings. The predicted octanol–water partition coefficient (Wildman–Crippen LogP) is 3.50. The molecule has 0 heterocycles. The van der Waals surface area contributed by atoms with E-state index in [1.807, 2.05) is 55.4 Å². The van der Waals surface area contributed by atoms with Crippen molar-refractivity contribution in [1.29, 1.82) is 0 Å². The van der Waals surface area contributed by atoms with Crippen LogP contribution in [-0.2, 0) is 19.1 Å². The molecule has 0 aliphatic carbocycles. The lowest BCUT2D eigenvalue weighted by atomic mass is 9.90. The van der Waals surface area contributed by atoms with Gasteiger partial charge >= 0.3 is 11.9 Å². The molecule has 20 heavy (non-hydrogen) atoms. The van der Waals surface area contributed by atoms with E-state index >= 15 is 0 Å². The van der Waals surface area contributed by atoms with E-state index in [0.717, 1.165) is 12.2 Å². The Kier molecular flexibility index (Phi) is 6.45. The molecule has 0 N–H and O–H groups in total. The van der Waals surface area contributed by atoms with Crippen LogP contribution in [0.4, 0.5) is 0 Å². The van der Waals surface area contributed by atoms with Crippen LogP contribution in [0.1, 0.15) is 55.4 Å². The van der Waals surface area contributed by atoms with Crippen molar-refractivity contribution in [3.63, 3.8) is 0 Å². The number of carbonyl (C=O) groups is 2. The summed E-state index contributed by atoms with van der Waals surface area (Å²) in [6.45, 7) is 15.5. The second-order valence-electron chi connectivity index (χ2n) is 7.22. The molecule has 0 aromatic heterocycles. The fourth-order valence-corrected chi connectivity index (χ4v) is 0.917. The van der Waals surface area contributed by atoms with Crippen molar-refractivity contribution in [3.8, 4) is 0 Å². The Morgan fingerprint density at radius 2 is 1.00 bits per heavy atom. The molecule has 0 saturated heterocycles. The summed E-state index contributed by atoms with van der Waals surface area (Å²) in [5.41, 5.74) is -0.268. The molecule has 2 atom stereocenters. The molecule has 0 amide bonds. The molecular weight excluding hydrogens is 256 g/mol. The molecule has 4 heteroatoms. The van der Waals surface area contributed by atoms with E-state index in [1.165, 1.54) is 0 Å². The van der Waals surface area contributed by atoms with Gasteiger partial charge in [-0.2, -0.15) is 0 Å². The number of rotatable bonds is 4. The van der Waals surface area contributed by atoms with E-state index in [-0.39, 0.29) is 23.0 Å². The van der Waals surface area contributed by atoms with Crippen molar-refractivity contribution in [2.75, 3.05) is 0 Å². The third kappa shape index (κ3) is 7.31. The zero-order chi connectivity index (χ0) is 16.1. The number of hydrogen-bond acceptors (Lipinski definition) is 4. The molecule has 0 bridgehead atoms. The molecule has 2 unspecified atom stereocenters. The first kappa shape index (κ1) is 18.7. The first-order chi connectivity index (χ1) is 8.84. The maximum Gasteiger partial charge on any atom is 0.331 e. The van der Waals surface area contributed by atoms with Crippen molar-refractivity contribution in [2.24, 2.45) is 10.8 Å². The van der Waals surface area contributed by atoms with Gasteiger partial charge in [0.1, 0.15) is 12.2 Å². The van der Waals surface area contributed by atoms with E-state index in [4.69, 9.17) is 9.47 Å². The number of carbonyl (C=O) groups excluding carboxylic acids is 2. The summed E-state index contributed by atoms with van der Waals surface area (Å²) in [4.78, 5) is 23.1. The van der Waals surface area contributed by atoms with Gasteiger partial charge in [-0.1, -0.05) is 41.5 Å². The van der Waals surface area contributed by atoms with Gasteiger partial charge in [0, 0.05) is 12.2 Å². The van der Waals surface area contributed by atoms with Gasteiger partial charge in [-0.3, -0.25) is 0 Å². The van der Waals surface area contributed by atoms with Crippen molar-refractivity contribution in [2.45, 2.75) is 67.6 Å². The van der Waals surface area contributed by atoms with Crippen molar-refractivity contribution < 1.29 is 19.1 Å². The fraction of sp³-hybridized carbons (Fsp3) is 0.750. The van der Waals surface area contributed by atoms with Crippen LogP contribution in [0.5, 0.6) is 0 Å². The Hall–Kier alpha value is -1.32. The minimum Gasteiger partial charge on any atom is -0.459 e. The maximum atomic E-state index is 11.6. The van der Waals surface area contributed by atoms with Gasteiger partial charge in [0.15, 0.2) is 0 Å². The lowest BCUT2D eigenvalue weighted by Crippen LogP contribution is -2.29. The van der Waals surface area contributed by atoms with Crippen molar-refractivity contribution >= 4 is 11.9 Å². The molecule has 0 aliphatic heterocycles. The Labute approximate surface area is 122 Å². The highest BCUT2D eigenvalue weighted by Crippen LogP contribution is 2.22. The molecule has 0 saturated carbocycles. The second kappa shape index (κ2) is 6.91. The first-order valence-electron chi connectivity index (χ1n) is 6.93.